The van der Waals surface area contributed by atoms with Crippen LogP contribution in [0.25, 0.3) is 0 Å². The number of aromatic nitrogens is 1. The average molecular weight is 188 g/mol. The molecule has 0 saturated heterocycles. The van der Waals surface area contributed by atoms with E-state index in [1.54, 1.807) is 13.0 Å². The number of nitrogens with two attached hydrogens (primary N) is 1. The molecule has 1 aromatic rings. The molecule has 0 amide bonds. The Bertz CT molecular complexity index is 291. The van der Waals surface area contributed by atoms with Gasteiger partial charge in [0.05, 0.1) is 11.9 Å². The molecular formula is C8H10F2N2O. The molecule has 13 heavy (non-hydrogen) atoms. The second-order valence-corrected chi connectivity index (χ2v) is 2.59. The summed E-state index contributed by atoms with van der Waals surface area (Å²) < 4.78 is 28.2. The van der Waals surface area contributed by atoms with Crippen LogP contribution < -0.4 is 10.5 Å². The molecule has 0 spiro atoms. The van der Waals surface area contributed by atoms with Crippen molar-refractivity contribution in [1.29, 1.82) is 0 Å². The van der Waals surface area contributed by atoms with Crippen molar-refractivity contribution < 1.29 is 13.5 Å². The van der Waals surface area contributed by atoms with Gasteiger partial charge in [0.15, 0.2) is 6.61 Å². The summed E-state index contributed by atoms with van der Waals surface area (Å²) in [5.74, 6) is 0.203. The first-order chi connectivity index (χ1) is 6.09. The van der Waals surface area contributed by atoms with Crippen molar-refractivity contribution in [3.05, 3.63) is 17.8 Å². The molecule has 0 bridgehead atoms. The lowest BCUT2D eigenvalue weighted by Crippen LogP contribution is -2.09. The molecule has 0 fully saturated rings. The lowest BCUT2D eigenvalue weighted by Gasteiger charge is -2.07. The standard InChI is InChI=1S/C8H10F2N2O/c1-5-2-6(11)3-12-8(5)13-4-7(9)10/h2-3,7H,4,11H2,1H3. The van der Waals surface area contributed by atoms with E-state index in [-0.39, 0.29) is 5.88 Å². The maximum Gasteiger partial charge on any atom is 0.272 e. The second-order valence-electron chi connectivity index (χ2n) is 2.59. The predicted molar refractivity (Wildman–Crippen MR) is 44.9 cm³/mol. The highest BCUT2D eigenvalue weighted by Crippen LogP contribution is 2.16. The van der Waals surface area contributed by atoms with Crippen molar-refractivity contribution in [1.82, 2.24) is 4.98 Å². The minimum atomic E-state index is -2.49. The predicted octanol–water partition coefficient (Wildman–Crippen LogP) is 1.62. The van der Waals surface area contributed by atoms with E-state index < -0.39 is 13.0 Å². The van der Waals surface area contributed by atoms with E-state index in [0.717, 1.165) is 0 Å². The lowest BCUT2D eigenvalue weighted by molar-refractivity contribution is 0.0792. The fourth-order valence-electron chi connectivity index (χ4n) is 0.877. The number of anilines is 1. The van der Waals surface area contributed by atoms with Gasteiger partial charge >= 0.3 is 0 Å². The highest BCUT2D eigenvalue weighted by atomic mass is 19.3. The van der Waals surface area contributed by atoms with Crippen LogP contribution in [0.5, 0.6) is 5.88 Å². The Hall–Kier alpha value is -1.39. The number of alkyl halides is 2. The molecule has 2 N–H and O–H groups in total. The quantitative estimate of drug-likeness (QED) is 0.784. The number of aryl methyl sites for hydroxylation is 1. The van der Waals surface area contributed by atoms with Gasteiger partial charge < -0.3 is 10.5 Å². The first-order valence-corrected chi connectivity index (χ1v) is 3.72. The van der Waals surface area contributed by atoms with Gasteiger partial charge in [-0.05, 0) is 13.0 Å². The van der Waals surface area contributed by atoms with Gasteiger partial charge in [-0.2, -0.15) is 0 Å². The van der Waals surface area contributed by atoms with E-state index in [1.165, 1.54) is 6.20 Å². The van der Waals surface area contributed by atoms with E-state index in [1.807, 2.05) is 0 Å². The molecule has 1 heterocycles. The Morgan fingerprint density at radius 3 is 2.85 bits per heavy atom. The molecule has 1 rings (SSSR count). The summed E-state index contributed by atoms with van der Waals surface area (Å²) in [6.45, 7) is 1.06. The monoisotopic (exact) mass is 188 g/mol. The van der Waals surface area contributed by atoms with Gasteiger partial charge in [-0.15, -0.1) is 0 Å². The van der Waals surface area contributed by atoms with Crippen molar-refractivity contribution in [2.75, 3.05) is 12.3 Å². The molecule has 1 aromatic heterocycles. The van der Waals surface area contributed by atoms with E-state index in [2.05, 4.69) is 4.98 Å². The van der Waals surface area contributed by atoms with Crippen LogP contribution in [-0.4, -0.2) is 18.0 Å². The topological polar surface area (TPSA) is 48.1 Å². The summed E-state index contributed by atoms with van der Waals surface area (Å²) in [6.07, 6.45) is -1.12. The Kier molecular flexibility index (Phi) is 3.00. The Morgan fingerprint density at radius 2 is 2.31 bits per heavy atom. The first kappa shape index (κ1) is 9.70. The maximum atomic E-state index is 11.8. The van der Waals surface area contributed by atoms with E-state index in [9.17, 15) is 8.78 Å². The molecule has 0 radical (unpaired) electrons. The van der Waals surface area contributed by atoms with Crippen LogP contribution in [-0.2, 0) is 0 Å². The summed E-state index contributed by atoms with van der Waals surface area (Å²) in [5, 5.41) is 0. The zero-order valence-corrected chi connectivity index (χ0v) is 7.13. The fourth-order valence-corrected chi connectivity index (χ4v) is 0.877. The molecule has 3 nitrogen and oxygen atoms in total. The molecule has 72 valence electrons. The highest BCUT2D eigenvalue weighted by Gasteiger charge is 2.06. The molecule has 0 aromatic carbocycles. The SMILES string of the molecule is Cc1cc(N)cnc1OCC(F)F. The Labute approximate surface area is 74.5 Å². The smallest absolute Gasteiger partial charge is 0.272 e. The third kappa shape index (κ3) is 2.85. The van der Waals surface area contributed by atoms with Crippen LogP contribution in [0, 0.1) is 6.92 Å². The van der Waals surface area contributed by atoms with Gasteiger partial charge in [0, 0.05) is 5.56 Å². The average Bonchev–Trinajstić information content (AvgIpc) is 2.02. The molecule has 5 heteroatoms. The second kappa shape index (κ2) is 4.02. The van der Waals surface area contributed by atoms with Crippen molar-refractivity contribution in [2.24, 2.45) is 0 Å². The number of hydrogen-bond acceptors (Lipinski definition) is 3. The fraction of sp³-hybridized carbons (Fsp3) is 0.375. The van der Waals surface area contributed by atoms with Gasteiger partial charge in [-0.3, -0.25) is 0 Å². The number of hydrogen-bond donors (Lipinski definition) is 1. The van der Waals surface area contributed by atoms with E-state index in [4.69, 9.17) is 10.5 Å². The van der Waals surface area contributed by atoms with E-state index >= 15 is 0 Å². The highest BCUT2D eigenvalue weighted by molar-refractivity contribution is 5.41. The molecule has 0 aliphatic rings. The van der Waals surface area contributed by atoms with Gasteiger partial charge in [-0.1, -0.05) is 0 Å². The van der Waals surface area contributed by atoms with Crippen LogP contribution in [0.2, 0.25) is 0 Å². The third-order valence-electron chi connectivity index (χ3n) is 1.40. The van der Waals surface area contributed by atoms with Crippen molar-refractivity contribution >= 4 is 5.69 Å². The number of nitrogens with zero attached hydrogens (tertiary/aromatic N) is 1. The van der Waals surface area contributed by atoms with Crippen LogP contribution in [0.15, 0.2) is 12.3 Å². The van der Waals surface area contributed by atoms with Gasteiger partial charge in [0.2, 0.25) is 5.88 Å². The van der Waals surface area contributed by atoms with Crippen molar-refractivity contribution in [3.63, 3.8) is 0 Å². The summed E-state index contributed by atoms with van der Waals surface area (Å²) in [6, 6.07) is 1.62. The number of halogens is 2. The number of rotatable bonds is 3. The van der Waals surface area contributed by atoms with Crippen LogP contribution in [0.4, 0.5) is 14.5 Å². The normalized spacial score (nSPS) is 10.5. The largest absolute Gasteiger partial charge is 0.471 e. The minimum Gasteiger partial charge on any atom is -0.471 e. The number of ether oxygens (including phenoxy) is 1. The van der Waals surface area contributed by atoms with Gasteiger partial charge in [-0.25, -0.2) is 13.8 Å². The van der Waals surface area contributed by atoms with Crippen LogP contribution in [0.1, 0.15) is 5.56 Å². The van der Waals surface area contributed by atoms with Gasteiger partial charge in [0.25, 0.3) is 6.43 Å². The van der Waals surface area contributed by atoms with Gasteiger partial charge in [0.1, 0.15) is 0 Å². The number of nitrogen functional groups attached to an aromatic ring is 1. The van der Waals surface area contributed by atoms with Crippen molar-refractivity contribution in [3.8, 4) is 5.88 Å². The van der Waals surface area contributed by atoms with Crippen LogP contribution in [0.3, 0.4) is 0 Å². The lowest BCUT2D eigenvalue weighted by atomic mass is 10.3. The van der Waals surface area contributed by atoms with Crippen LogP contribution >= 0.6 is 0 Å². The Balaban J connectivity index is 2.67. The molecule has 0 aliphatic heterocycles. The summed E-state index contributed by atoms with van der Waals surface area (Å²) in [4.78, 5) is 3.77. The van der Waals surface area contributed by atoms with E-state index in [0.29, 0.717) is 11.3 Å². The number of pyridine rings is 1. The minimum absolute atomic E-state index is 0.203. The summed E-state index contributed by atoms with van der Waals surface area (Å²) >= 11 is 0. The summed E-state index contributed by atoms with van der Waals surface area (Å²) in [7, 11) is 0. The molecule has 0 saturated carbocycles. The van der Waals surface area contributed by atoms with Crippen molar-refractivity contribution in [2.45, 2.75) is 13.3 Å². The summed E-state index contributed by atoms with van der Waals surface area (Å²) in [5.41, 5.74) is 6.56. The Morgan fingerprint density at radius 1 is 1.62 bits per heavy atom. The molecule has 0 atom stereocenters. The first-order valence-electron chi connectivity index (χ1n) is 3.72. The molecular weight excluding hydrogens is 178 g/mol. The zero-order chi connectivity index (χ0) is 9.84. The third-order valence-corrected chi connectivity index (χ3v) is 1.40. The zero-order valence-electron chi connectivity index (χ0n) is 7.13. The maximum absolute atomic E-state index is 11.8. The molecule has 0 unspecified atom stereocenters. The molecule has 0 aliphatic carbocycles.